The van der Waals surface area contributed by atoms with Crippen LogP contribution in [0.3, 0.4) is 0 Å². The van der Waals surface area contributed by atoms with Gasteiger partial charge in [0.1, 0.15) is 17.2 Å². The molecule has 1 saturated heterocycles. The third-order valence-electron chi connectivity index (χ3n) is 3.58. The van der Waals surface area contributed by atoms with E-state index in [4.69, 9.17) is 0 Å². The SMILES string of the molecule is C[C@@]1(c2cc(F)ccc2F)NC(=O)N(c2ccncc2)C1=O. The Bertz CT molecular complexity index is 767. The lowest BCUT2D eigenvalue weighted by Crippen LogP contribution is -2.41. The van der Waals surface area contributed by atoms with Gasteiger partial charge in [0.2, 0.25) is 0 Å². The minimum atomic E-state index is -1.67. The Morgan fingerprint density at radius 1 is 1.14 bits per heavy atom. The van der Waals surface area contributed by atoms with Crippen LogP contribution in [0.2, 0.25) is 0 Å². The number of nitrogens with one attached hydrogen (secondary N) is 1. The van der Waals surface area contributed by atoms with E-state index in [9.17, 15) is 18.4 Å². The number of hydrogen-bond donors (Lipinski definition) is 1. The van der Waals surface area contributed by atoms with Crippen molar-refractivity contribution in [2.75, 3.05) is 4.90 Å². The highest BCUT2D eigenvalue weighted by Gasteiger charge is 2.51. The molecule has 1 aliphatic heterocycles. The van der Waals surface area contributed by atoms with Gasteiger partial charge in [-0.1, -0.05) is 0 Å². The average molecular weight is 303 g/mol. The first-order valence-corrected chi connectivity index (χ1v) is 6.46. The first-order chi connectivity index (χ1) is 10.4. The normalized spacial score (nSPS) is 21.1. The van der Waals surface area contributed by atoms with Gasteiger partial charge in [-0.15, -0.1) is 0 Å². The number of anilines is 1. The van der Waals surface area contributed by atoms with Gasteiger partial charge in [-0.25, -0.2) is 18.5 Å². The van der Waals surface area contributed by atoms with Crippen molar-refractivity contribution in [2.45, 2.75) is 12.5 Å². The number of hydrogen-bond acceptors (Lipinski definition) is 3. The fraction of sp³-hybridized carbons (Fsp3) is 0.133. The van der Waals surface area contributed by atoms with Gasteiger partial charge in [0.15, 0.2) is 0 Å². The lowest BCUT2D eigenvalue weighted by molar-refractivity contribution is -0.121. The largest absolute Gasteiger partial charge is 0.329 e. The molecule has 1 atom stereocenters. The molecule has 2 heterocycles. The van der Waals surface area contributed by atoms with Gasteiger partial charge in [-0.3, -0.25) is 9.78 Å². The van der Waals surface area contributed by atoms with Crippen LogP contribution in [0.1, 0.15) is 12.5 Å². The molecular formula is C15H11F2N3O2. The van der Waals surface area contributed by atoms with E-state index in [-0.39, 0.29) is 5.56 Å². The van der Waals surface area contributed by atoms with Crippen LogP contribution in [-0.4, -0.2) is 16.9 Å². The maximum atomic E-state index is 14.0. The molecule has 0 aliphatic carbocycles. The summed E-state index contributed by atoms with van der Waals surface area (Å²) in [5.74, 6) is -2.15. The van der Waals surface area contributed by atoms with E-state index in [1.54, 1.807) is 0 Å². The van der Waals surface area contributed by atoms with Gasteiger partial charge in [-0.05, 0) is 37.3 Å². The highest BCUT2D eigenvalue weighted by molar-refractivity contribution is 6.23. The van der Waals surface area contributed by atoms with Gasteiger partial charge in [0.05, 0.1) is 5.69 Å². The molecule has 0 saturated carbocycles. The Morgan fingerprint density at radius 2 is 1.82 bits per heavy atom. The van der Waals surface area contributed by atoms with Crippen LogP contribution in [0.25, 0.3) is 0 Å². The smallest absolute Gasteiger partial charge is 0.319 e. The first-order valence-electron chi connectivity index (χ1n) is 6.46. The minimum absolute atomic E-state index is 0.220. The fourth-order valence-corrected chi connectivity index (χ4v) is 2.43. The van der Waals surface area contributed by atoms with Gasteiger partial charge in [-0.2, -0.15) is 0 Å². The fourth-order valence-electron chi connectivity index (χ4n) is 2.43. The molecule has 5 nitrogen and oxygen atoms in total. The molecule has 2 aromatic rings. The zero-order valence-electron chi connectivity index (χ0n) is 11.5. The maximum absolute atomic E-state index is 14.0. The first kappa shape index (κ1) is 14.1. The van der Waals surface area contributed by atoms with Crippen LogP contribution in [0, 0.1) is 11.6 Å². The van der Waals surface area contributed by atoms with E-state index >= 15 is 0 Å². The molecule has 1 N–H and O–H groups in total. The molecule has 22 heavy (non-hydrogen) atoms. The van der Waals surface area contributed by atoms with Crippen LogP contribution in [0.4, 0.5) is 19.3 Å². The number of benzene rings is 1. The topological polar surface area (TPSA) is 62.3 Å². The number of amides is 3. The molecule has 3 amide bonds. The van der Waals surface area contributed by atoms with Gasteiger partial charge < -0.3 is 5.32 Å². The van der Waals surface area contributed by atoms with Crippen molar-refractivity contribution in [1.29, 1.82) is 0 Å². The molecule has 0 radical (unpaired) electrons. The highest BCUT2D eigenvalue weighted by Crippen LogP contribution is 2.33. The number of halogens is 2. The number of pyridine rings is 1. The lowest BCUT2D eigenvalue weighted by atomic mass is 9.91. The van der Waals surface area contributed by atoms with Crippen LogP contribution < -0.4 is 10.2 Å². The second-order valence-electron chi connectivity index (χ2n) is 5.03. The van der Waals surface area contributed by atoms with Crippen molar-refractivity contribution in [1.82, 2.24) is 10.3 Å². The molecule has 1 aromatic heterocycles. The monoisotopic (exact) mass is 303 g/mol. The van der Waals surface area contributed by atoms with Crippen LogP contribution in [-0.2, 0) is 10.3 Å². The molecule has 0 unspecified atom stereocenters. The van der Waals surface area contributed by atoms with Gasteiger partial charge in [0, 0.05) is 18.0 Å². The summed E-state index contributed by atoms with van der Waals surface area (Å²) in [6.45, 7) is 1.34. The van der Waals surface area contributed by atoms with E-state index in [2.05, 4.69) is 10.3 Å². The molecule has 1 fully saturated rings. The molecule has 1 aliphatic rings. The highest BCUT2D eigenvalue weighted by atomic mass is 19.1. The summed E-state index contributed by atoms with van der Waals surface area (Å²) in [7, 11) is 0. The number of imide groups is 1. The number of aromatic nitrogens is 1. The third-order valence-corrected chi connectivity index (χ3v) is 3.58. The van der Waals surface area contributed by atoms with E-state index in [0.29, 0.717) is 5.69 Å². The van der Waals surface area contributed by atoms with Crippen molar-refractivity contribution in [3.05, 3.63) is 59.9 Å². The quantitative estimate of drug-likeness (QED) is 0.866. The second kappa shape index (κ2) is 4.87. The molecule has 3 rings (SSSR count). The Labute approximate surface area is 124 Å². The molecule has 7 heteroatoms. The zero-order valence-corrected chi connectivity index (χ0v) is 11.5. The molecule has 1 aromatic carbocycles. The number of carbonyl (C=O) groups is 2. The number of rotatable bonds is 2. The van der Waals surface area contributed by atoms with Crippen LogP contribution in [0.15, 0.2) is 42.7 Å². The Morgan fingerprint density at radius 3 is 2.50 bits per heavy atom. The van der Waals surface area contributed by atoms with Crippen LogP contribution in [0.5, 0.6) is 0 Å². The van der Waals surface area contributed by atoms with Crippen molar-refractivity contribution in [3.63, 3.8) is 0 Å². The number of carbonyl (C=O) groups excluding carboxylic acids is 2. The molecule has 0 bridgehead atoms. The summed E-state index contributed by atoms with van der Waals surface area (Å²) in [6.07, 6.45) is 2.85. The predicted octanol–water partition coefficient (Wildman–Crippen LogP) is 2.33. The second-order valence-corrected chi connectivity index (χ2v) is 5.03. The summed E-state index contributed by atoms with van der Waals surface area (Å²) >= 11 is 0. The zero-order chi connectivity index (χ0) is 15.9. The van der Waals surface area contributed by atoms with Crippen LogP contribution >= 0.6 is 0 Å². The molecule has 112 valence electrons. The Balaban J connectivity index is 2.08. The predicted molar refractivity (Wildman–Crippen MR) is 74.0 cm³/mol. The average Bonchev–Trinajstić information content (AvgIpc) is 2.73. The molecular weight excluding hydrogens is 292 g/mol. The third kappa shape index (κ3) is 2.02. The minimum Gasteiger partial charge on any atom is -0.319 e. The van der Waals surface area contributed by atoms with Gasteiger partial charge >= 0.3 is 6.03 Å². The summed E-state index contributed by atoms with van der Waals surface area (Å²) in [5, 5.41) is 2.42. The van der Waals surface area contributed by atoms with E-state index < -0.39 is 29.1 Å². The lowest BCUT2D eigenvalue weighted by Gasteiger charge is -2.22. The van der Waals surface area contributed by atoms with Crippen molar-refractivity contribution >= 4 is 17.6 Å². The van der Waals surface area contributed by atoms with Crippen molar-refractivity contribution in [3.8, 4) is 0 Å². The van der Waals surface area contributed by atoms with Gasteiger partial charge in [0.25, 0.3) is 5.91 Å². The Hall–Kier alpha value is -2.83. The summed E-state index contributed by atoms with van der Waals surface area (Å²) in [4.78, 5) is 29.5. The maximum Gasteiger partial charge on any atom is 0.329 e. The van der Waals surface area contributed by atoms with E-state index in [1.165, 1.54) is 31.5 Å². The van der Waals surface area contributed by atoms with E-state index in [1.807, 2.05) is 0 Å². The standard InChI is InChI=1S/C15H11F2N3O2/c1-15(11-8-9(16)2-3-12(11)17)13(21)20(14(22)19-15)10-4-6-18-7-5-10/h2-8H,1H3,(H,19,22)/t15-/m0/s1. The molecule has 0 spiro atoms. The summed E-state index contributed by atoms with van der Waals surface area (Å²) < 4.78 is 27.4. The Kier molecular flexibility index (Phi) is 3.13. The number of urea groups is 1. The van der Waals surface area contributed by atoms with E-state index in [0.717, 1.165) is 23.1 Å². The van der Waals surface area contributed by atoms with Crippen molar-refractivity contribution < 1.29 is 18.4 Å². The number of nitrogens with zero attached hydrogens (tertiary/aromatic N) is 2. The summed E-state index contributed by atoms with van der Waals surface area (Å²) in [5.41, 5.74) is -1.59. The summed E-state index contributed by atoms with van der Waals surface area (Å²) in [6, 6.07) is 5.02. The van der Waals surface area contributed by atoms with Crippen molar-refractivity contribution in [2.24, 2.45) is 0 Å².